The summed E-state index contributed by atoms with van der Waals surface area (Å²) < 4.78 is 23.4. The summed E-state index contributed by atoms with van der Waals surface area (Å²) in [5.41, 5.74) is 3.02. The fourth-order valence-electron chi connectivity index (χ4n) is 5.50. The largest absolute Gasteiger partial charge is 0.453 e. The molecule has 5 heterocycles. The van der Waals surface area contributed by atoms with Gasteiger partial charge in [0.05, 0.1) is 27.3 Å². The number of urea groups is 1. The van der Waals surface area contributed by atoms with Crippen molar-refractivity contribution in [2.24, 2.45) is 0 Å². The number of thiophene rings is 1. The summed E-state index contributed by atoms with van der Waals surface area (Å²) in [6.45, 7) is 3.11. The molecule has 3 N–H and O–H groups in total. The molecule has 0 bridgehead atoms. The molecule has 2 aliphatic rings. The zero-order valence-corrected chi connectivity index (χ0v) is 26.4. The average Bonchev–Trinajstić information content (AvgIpc) is 3.52. The molecule has 0 unspecified atom stereocenters. The molecule has 14 heteroatoms. The molecule has 0 atom stereocenters. The van der Waals surface area contributed by atoms with Gasteiger partial charge in [0.15, 0.2) is 11.6 Å². The summed E-state index contributed by atoms with van der Waals surface area (Å²) >= 11 is 1.48. The van der Waals surface area contributed by atoms with E-state index in [9.17, 15) is 14.0 Å². The van der Waals surface area contributed by atoms with Gasteiger partial charge in [0.1, 0.15) is 18.4 Å². The lowest BCUT2D eigenvalue weighted by molar-refractivity contribution is -0.122. The molecule has 1 aliphatic carbocycles. The third-order valence-corrected chi connectivity index (χ3v) is 9.33. The first-order valence-electron chi connectivity index (χ1n) is 15.7. The number of nitrogens with one attached hydrogen (secondary N) is 3. The standard InChI is InChI=1S/C33H34FN9O3S/c34-25-15-24(41-33(45)40-22-2-3-22)4-6-28(25)46-29-7-11-36-27-16-30(47-32(27)29)26-5-1-21(17-37-26)18-42-12-8-23(9-13-42)39-31(44)10-14-43-20-35-19-38-43/h1,4-7,11,15-17,19-20,22-23H,2-3,8-10,12-14,18H2,(H,39,44)(H2,40,41,45). The van der Waals surface area contributed by atoms with E-state index in [1.54, 1.807) is 29.3 Å². The Labute approximate surface area is 274 Å². The quantitative estimate of drug-likeness (QED) is 0.174. The highest BCUT2D eigenvalue weighted by Gasteiger charge is 2.24. The monoisotopic (exact) mass is 655 g/mol. The van der Waals surface area contributed by atoms with Gasteiger partial charge < -0.3 is 20.7 Å². The lowest BCUT2D eigenvalue weighted by Gasteiger charge is -2.32. The predicted octanol–water partition coefficient (Wildman–Crippen LogP) is 5.34. The van der Waals surface area contributed by atoms with Crippen molar-refractivity contribution in [1.29, 1.82) is 0 Å². The second kappa shape index (κ2) is 13.8. The van der Waals surface area contributed by atoms with Gasteiger partial charge in [-0.3, -0.25) is 24.3 Å². The van der Waals surface area contributed by atoms with Gasteiger partial charge >= 0.3 is 6.03 Å². The molecule has 47 heavy (non-hydrogen) atoms. The van der Waals surface area contributed by atoms with E-state index >= 15 is 0 Å². The van der Waals surface area contributed by atoms with E-state index < -0.39 is 5.82 Å². The highest BCUT2D eigenvalue weighted by Crippen LogP contribution is 2.39. The summed E-state index contributed by atoms with van der Waals surface area (Å²) in [6.07, 6.45) is 10.8. The van der Waals surface area contributed by atoms with E-state index in [-0.39, 0.29) is 29.8 Å². The normalized spacial score (nSPS) is 15.4. The van der Waals surface area contributed by atoms with Crippen LogP contribution in [0, 0.1) is 5.82 Å². The van der Waals surface area contributed by atoms with Crippen molar-refractivity contribution in [3.63, 3.8) is 0 Å². The van der Waals surface area contributed by atoms with Crippen molar-refractivity contribution in [1.82, 2.24) is 40.3 Å². The Balaban J connectivity index is 0.929. The molecule has 2 fully saturated rings. The number of likely N-dealkylation sites (tertiary alicyclic amines) is 1. The number of anilines is 1. The number of carbonyl (C=O) groups is 2. The van der Waals surface area contributed by atoms with Crippen molar-refractivity contribution < 1.29 is 18.7 Å². The van der Waals surface area contributed by atoms with Gasteiger partial charge in [-0.05, 0) is 55.5 Å². The number of halogens is 1. The molecule has 0 radical (unpaired) electrons. The topological polar surface area (TPSA) is 139 Å². The van der Waals surface area contributed by atoms with Crippen LogP contribution in [-0.4, -0.2) is 66.7 Å². The fraction of sp³-hybridized carbons (Fsp3) is 0.333. The summed E-state index contributed by atoms with van der Waals surface area (Å²) in [7, 11) is 0. The van der Waals surface area contributed by atoms with Crippen LogP contribution in [0.3, 0.4) is 0 Å². The fourth-order valence-corrected chi connectivity index (χ4v) is 6.55. The van der Waals surface area contributed by atoms with E-state index in [0.29, 0.717) is 24.4 Å². The van der Waals surface area contributed by atoms with Crippen molar-refractivity contribution >= 4 is 39.2 Å². The SMILES string of the molecule is O=C(CCn1cncn1)NC1CCN(Cc2ccc(-c3cc4nccc(Oc5ccc(NC(=O)NC6CC6)cc5F)c4s3)nc2)CC1. The molecule has 1 saturated carbocycles. The van der Waals surface area contributed by atoms with Crippen molar-refractivity contribution in [2.45, 2.75) is 57.3 Å². The molecule has 4 aromatic heterocycles. The molecule has 1 saturated heterocycles. The number of amides is 3. The van der Waals surface area contributed by atoms with Crippen LogP contribution >= 0.6 is 11.3 Å². The first kappa shape index (κ1) is 30.7. The zero-order chi connectivity index (χ0) is 32.2. The Morgan fingerprint density at radius 1 is 0.979 bits per heavy atom. The Morgan fingerprint density at radius 2 is 1.83 bits per heavy atom. The number of ether oxygens (including phenoxy) is 1. The van der Waals surface area contributed by atoms with Crippen LogP contribution < -0.4 is 20.7 Å². The van der Waals surface area contributed by atoms with Gasteiger partial charge in [-0.1, -0.05) is 6.07 Å². The molecule has 12 nitrogen and oxygen atoms in total. The van der Waals surface area contributed by atoms with Crippen LogP contribution in [-0.2, 0) is 17.9 Å². The summed E-state index contributed by atoms with van der Waals surface area (Å²) in [4.78, 5) is 40.8. The van der Waals surface area contributed by atoms with E-state index in [0.717, 1.165) is 71.7 Å². The molecule has 5 aromatic rings. The number of benzene rings is 1. The van der Waals surface area contributed by atoms with E-state index in [4.69, 9.17) is 9.72 Å². The molecular weight excluding hydrogens is 621 g/mol. The van der Waals surface area contributed by atoms with Crippen LogP contribution in [0.15, 0.2) is 67.5 Å². The number of nitrogens with zero attached hydrogens (tertiary/aromatic N) is 6. The average molecular weight is 656 g/mol. The molecule has 0 spiro atoms. The Morgan fingerprint density at radius 3 is 2.57 bits per heavy atom. The van der Waals surface area contributed by atoms with Crippen molar-refractivity contribution in [3.05, 3.63) is 78.9 Å². The van der Waals surface area contributed by atoms with Crippen LogP contribution in [0.5, 0.6) is 11.5 Å². The summed E-state index contributed by atoms with van der Waals surface area (Å²) in [5, 5.41) is 12.7. The molecule has 1 aromatic carbocycles. The van der Waals surface area contributed by atoms with E-state index in [1.807, 2.05) is 18.3 Å². The second-order valence-electron chi connectivity index (χ2n) is 11.8. The number of hydrogen-bond donors (Lipinski definition) is 3. The second-order valence-corrected chi connectivity index (χ2v) is 12.9. The zero-order valence-electron chi connectivity index (χ0n) is 25.6. The Hall–Kier alpha value is -4.95. The molecular formula is C33H34FN9O3S. The number of hydrogen-bond acceptors (Lipinski definition) is 9. The van der Waals surface area contributed by atoms with Gasteiger partial charge in [0.25, 0.3) is 0 Å². The minimum Gasteiger partial charge on any atom is -0.453 e. The maximum atomic E-state index is 14.9. The number of pyridine rings is 2. The van der Waals surface area contributed by atoms with Gasteiger partial charge in [-0.2, -0.15) is 5.10 Å². The molecule has 7 rings (SSSR count). The maximum Gasteiger partial charge on any atom is 0.319 e. The molecule has 3 amide bonds. The Bertz CT molecular complexity index is 1850. The van der Waals surface area contributed by atoms with E-state index in [1.165, 1.54) is 29.8 Å². The van der Waals surface area contributed by atoms with Crippen molar-refractivity contribution in [2.75, 3.05) is 18.4 Å². The third-order valence-electron chi connectivity index (χ3n) is 8.17. The van der Waals surface area contributed by atoms with Gasteiger partial charge in [0, 0.05) is 68.4 Å². The number of aryl methyl sites for hydroxylation is 1. The first-order valence-corrected chi connectivity index (χ1v) is 16.5. The maximum absolute atomic E-state index is 14.9. The van der Waals surface area contributed by atoms with E-state index in [2.05, 4.69) is 42.0 Å². The number of rotatable bonds is 11. The highest BCUT2D eigenvalue weighted by molar-refractivity contribution is 7.22. The van der Waals surface area contributed by atoms with Crippen LogP contribution in [0.4, 0.5) is 14.9 Å². The summed E-state index contributed by atoms with van der Waals surface area (Å²) in [6, 6.07) is 12.2. The Kier molecular flexibility index (Phi) is 9.02. The smallest absolute Gasteiger partial charge is 0.319 e. The summed E-state index contributed by atoms with van der Waals surface area (Å²) in [5.74, 6) is 0.00142. The van der Waals surface area contributed by atoms with Gasteiger partial charge in [-0.25, -0.2) is 14.2 Å². The minimum atomic E-state index is -0.582. The highest BCUT2D eigenvalue weighted by atomic mass is 32.1. The first-order chi connectivity index (χ1) is 22.9. The molecule has 1 aliphatic heterocycles. The number of carbonyl (C=O) groups excluding carboxylic acids is 2. The van der Waals surface area contributed by atoms with Gasteiger partial charge in [-0.15, -0.1) is 11.3 Å². The third kappa shape index (κ3) is 7.89. The van der Waals surface area contributed by atoms with Crippen molar-refractivity contribution in [3.8, 4) is 22.1 Å². The van der Waals surface area contributed by atoms with Gasteiger partial charge in [0.2, 0.25) is 5.91 Å². The van der Waals surface area contributed by atoms with Crippen LogP contribution in [0.25, 0.3) is 20.8 Å². The lowest BCUT2D eigenvalue weighted by Crippen LogP contribution is -2.44. The predicted molar refractivity (Wildman–Crippen MR) is 176 cm³/mol. The lowest BCUT2D eigenvalue weighted by atomic mass is 10.0. The minimum absolute atomic E-state index is 0.0403. The number of piperidine rings is 1. The van der Waals surface area contributed by atoms with Crippen LogP contribution in [0.1, 0.15) is 37.7 Å². The number of fused-ring (bicyclic) bond motifs is 1. The number of aromatic nitrogens is 5. The molecule has 242 valence electrons. The van der Waals surface area contributed by atoms with Crippen LogP contribution in [0.2, 0.25) is 0 Å².